The van der Waals surface area contributed by atoms with Gasteiger partial charge in [0.2, 0.25) is 0 Å². The van der Waals surface area contributed by atoms with Gasteiger partial charge in [0.05, 0.1) is 21.7 Å². The molecule has 1 aliphatic heterocycles. The third-order valence-corrected chi connectivity index (χ3v) is 4.85. The van der Waals surface area contributed by atoms with Crippen molar-refractivity contribution in [2.24, 2.45) is 5.16 Å². The second-order valence-electron chi connectivity index (χ2n) is 6.42. The van der Waals surface area contributed by atoms with Gasteiger partial charge in [0.1, 0.15) is 18.6 Å². The maximum absolute atomic E-state index is 12.8. The molecule has 1 aromatic carbocycles. The number of hydrogen-bond acceptors (Lipinski definition) is 7. The standard InChI is InChI=1S/C18H17ClF3N5O3/c1-30-24-10-12-2-3-15(16(8-12)27(28)29)25-4-6-26(7-5-25)17-14(19)9-13(11-23-17)18(20,21)22/h2-3,8-11H,4-7H2,1H3/b24-10+. The summed E-state index contributed by atoms with van der Waals surface area (Å²) in [6.07, 6.45) is -2.40. The molecule has 0 aliphatic carbocycles. The fourth-order valence-electron chi connectivity index (χ4n) is 3.13. The number of hydrogen-bond donors (Lipinski definition) is 0. The molecule has 0 unspecified atom stereocenters. The maximum atomic E-state index is 12.8. The Balaban J connectivity index is 1.76. The van der Waals surface area contributed by atoms with E-state index in [1.165, 1.54) is 19.4 Å². The second kappa shape index (κ2) is 8.74. The van der Waals surface area contributed by atoms with Crippen LogP contribution in [-0.4, -0.2) is 49.4 Å². The molecule has 12 heteroatoms. The van der Waals surface area contributed by atoms with Crippen molar-refractivity contribution in [3.63, 3.8) is 0 Å². The average molecular weight is 444 g/mol. The topological polar surface area (TPSA) is 84.1 Å². The lowest BCUT2D eigenvalue weighted by Crippen LogP contribution is -2.47. The highest BCUT2D eigenvalue weighted by atomic mass is 35.5. The van der Waals surface area contributed by atoms with Crippen LogP contribution in [0.1, 0.15) is 11.1 Å². The van der Waals surface area contributed by atoms with Crippen LogP contribution in [0, 0.1) is 10.1 Å². The highest BCUT2D eigenvalue weighted by Gasteiger charge is 2.32. The summed E-state index contributed by atoms with van der Waals surface area (Å²) in [5.41, 5.74) is -0.0239. The Morgan fingerprint density at radius 1 is 1.23 bits per heavy atom. The summed E-state index contributed by atoms with van der Waals surface area (Å²) < 4.78 is 38.4. The van der Waals surface area contributed by atoms with Crippen molar-refractivity contribution in [3.8, 4) is 0 Å². The van der Waals surface area contributed by atoms with Crippen molar-refractivity contribution < 1.29 is 22.9 Å². The lowest BCUT2D eigenvalue weighted by molar-refractivity contribution is -0.384. The number of alkyl halides is 3. The minimum Gasteiger partial charge on any atom is -0.399 e. The Hall–Kier alpha value is -3.08. The van der Waals surface area contributed by atoms with Crippen molar-refractivity contribution in [2.45, 2.75) is 6.18 Å². The van der Waals surface area contributed by atoms with Gasteiger partial charge in [-0.2, -0.15) is 13.2 Å². The van der Waals surface area contributed by atoms with Crippen molar-refractivity contribution in [1.29, 1.82) is 0 Å². The number of halogens is 4. The fraction of sp³-hybridized carbons (Fsp3) is 0.333. The number of oxime groups is 1. The Kier molecular flexibility index (Phi) is 6.30. The van der Waals surface area contributed by atoms with Gasteiger partial charge >= 0.3 is 6.18 Å². The zero-order valence-electron chi connectivity index (χ0n) is 15.8. The third-order valence-electron chi connectivity index (χ3n) is 4.57. The first-order valence-corrected chi connectivity index (χ1v) is 9.16. The van der Waals surface area contributed by atoms with Crippen molar-refractivity contribution >= 4 is 35.0 Å². The fourth-order valence-corrected chi connectivity index (χ4v) is 3.41. The largest absolute Gasteiger partial charge is 0.417 e. The Bertz CT molecular complexity index is 963. The van der Waals surface area contributed by atoms with Crippen LogP contribution in [0.15, 0.2) is 35.6 Å². The molecular formula is C18H17ClF3N5O3. The summed E-state index contributed by atoms with van der Waals surface area (Å²) in [7, 11) is 1.37. The number of nitrogens with zero attached hydrogens (tertiary/aromatic N) is 5. The van der Waals surface area contributed by atoms with E-state index in [1.807, 2.05) is 4.90 Å². The quantitative estimate of drug-likeness (QED) is 0.395. The molecule has 1 saturated heterocycles. The third kappa shape index (κ3) is 4.73. The first-order valence-electron chi connectivity index (χ1n) is 8.78. The molecule has 0 N–H and O–H groups in total. The first kappa shape index (κ1) is 21.6. The zero-order valence-corrected chi connectivity index (χ0v) is 16.5. The Labute approximate surface area is 174 Å². The van der Waals surface area contributed by atoms with E-state index < -0.39 is 16.7 Å². The number of pyridine rings is 1. The van der Waals surface area contributed by atoms with Gasteiger partial charge in [-0.3, -0.25) is 10.1 Å². The minimum atomic E-state index is -4.52. The predicted octanol–water partition coefficient (Wildman–Crippen LogP) is 3.97. The van der Waals surface area contributed by atoms with Crippen LogP contribution >= 0.6 is 11.6 Å². The molecule has 0 spiro atoms. The minimum absolute atomic E-state index is 0.0748. The number of nitro benzene ring substituents is 1. The van der Waals surface area contributed by atoms with E-state index in [2.05, 4.69) is 15.0 Å². The molecule has 2 aromatic rings. The van der Waals surface area contributed by atoms with Crippen molar-refractivity contribution in [2.75, 3.05) is 43.1 Å². The van der Waals surface area contributed by atoms with Crippen LogP contribution in [-0.2, 0) is 11.0 Å². The monoisotopic (exact) mass is 443 g/mol. The van der Waals surface area contributed by atoms with Gasteiger partial charge in [-0.05, 0) is 12.1 Å². The SMILES string of the molecule is CO/N=C/c1ccc(N2CCN(c3ncc(C(F)(F)F)cc3Cl)CC2)c([N+](=O)[O-])c1. The van der Waals surface area contributed by atoms with E-state index in [0.29, 0.717) is 37.4 Å². The van der Waals surface area contributed by atoms with Gasteiger partial charge in [0, 0.05) is 44.0 Å². The molecule has 0 bridgehead atoms. The van der Waals surface area contributed by atoms with Gasteiger partial charge < -0.3 is 14.6 Å². The lowest BCUT2D eigenvalue weighted by atomic mass is 10.1. The summed E-state index contributed by atoms with van der Waals surface area (Å²) in [5.74, 6) is 0.255. The predicted molar refractivity (Wildman–Crippen MR) is 106 cm³/mol. The molecule has 160 valence electrons. The molecule has 30 heavy (non-hydrogen) atoms. The summed E-state index contributed by atoms with van der Waals surface area (Å²) in [6, 6.07) is 5.57. The second-order valence-corrected chi connectivity index (χ2v) is 6.83. The summed E-state index contributed by atoms with van der Waals surface area (Å²) in [4.78, 5) is 23.1. The highest BCUT2D eigenvalue weighted by Crippen LogP contribution is 2.35. The number of rotatable bonds is 5. The van der Waals surface area contributed by atoms with Crippen LogP contribution in [0.3, 0.4) is 0 Å². The molecule has 2 heterocycles. The van der Waals surface area contributed by atoms with E-state index in [0.717, 1.165) is 12.3 Å². The lowest BCUT2D eigenvalue weighted by Gasteiger charge is -2.36. The molecule has 0 radical (unpaired) electrons. The van der Waals surface area contributed by atoms with Crippen LogP contribution < -0.4 is 9.80 Å². The Morgan fingerprint density at radius 3 is 2.47 bits per heavy atom. The molecule has 8 nitrogen and oxygen atoms in total. The van der Waals surface area contributed by atoms with Crippen LogP contribution in [0.4, 0.5) is 30.4 Å². The van der Waals surface area contributed by atoms with E-state index in [4.69, 9.17) is 11.6 Å². The van der Waals surface area contributed by atoms with Crippen LogP contribution in [0.2, 0.25) is 5.02 Å². The number of benzene rings is 1. The molecule has 1 aliphatic rings. The highest BCUT2D eigenvalue weighted by molar-refractivity contribution is 6.33. The molecule has 0 saturated carbocycles. The van der Waals surface area contributed by atoms with Gasteiger partial charge in [-0.1, -0.05) is 22.8 Å². The molecule has 1 fully saturated rings. The smallest absolute Gasteiger partial charge is 0.399 e. The average Bonchev–Trinajstić information content (AvgIpc) is 2.71. The number of nitro groups is 1. The van der Waals surface area contributed by atoms with Crippen LogP contribution in [0.5, 0.6) is 0 Å². The van der Waals surface area contributed by atoms with Crippen molar-refractivity contribution in [3.05, 3.63) is 56.7 Å². The molecule has 3 rings (SSSR count). The van der Waals surface area contributed by atoms with Crippen LogP contribution in [0.25, 0.3) is 0 Å². The normalized spacial score (nSPS) is 15.0. The number of anilines is 2. The maximum Gasteiger partial charge on any atom is 0.417 e. The molecule has 0 atom stereocenters. The molecule has 1 aromatic heterocycles. The van der Waals surface area contributed by atoms with E-state index in [-0.39, 0.29) is 16.5 Å². The Morgan fingerprint density at radius 2 is 1.90 bits per heavy atom. The van der Waals surface area contributed by atoms with E-state index in [9.17, 15) is 23.3 Å². The van der Waals surface area contributed by atoms with Gasteiger partial charge in [-0.15, -0.1) is 0 Å². The first-order chi connectivity index (χ1) is 14.2. The van der Waals surface area contributed by atoms with Gasteiger partial charge in [0.15, 0.2) is 0 Å². The number of piperazine rings is 1. The zero-order chi connectivity index (χ0) is 21.9. The van der Waals surface area contributed by atoms with Crippen molar-refractivity contribution in [1.82, 2.24) is 4.98 Å². The van der Waals surface area contributed by atoms with Gasteiger partial charge in [-0.25, -0.2) is 4.98 Å². The molecular weight excluding hydrogens is 427 g/mol. The summed E-state index contributed by atoms with van der Waals surface area (Å²) in [6.45, 7) is 1.60. The van der Waals surface area contributed by atoms with E-state index in [1.54, 1.807) is 17.0 Å². The molecule has 0 amide bonds. The number of aromatic nitrogens is 1. The summed E-state index contributed by atoms with van der Waals surface area (Å²) >= 11 is 6.02. The van der Waals surface area contributed by atoms with E-state index >= 15 is 0 Å². The van der Waals surface area contributed by atoms with Gasteiger partial charge in [0.25, 0.3) is 5.69 Å². The summed E-state index contributed by atoms with van der Waals surface area (Å²) in [5, 5.41) is 15.0.